The van der Waals surface area contributed by atoms with Crippen molar-refractivity contribution in [2.75, 3.05) is 26.2 Å². The second-order valence-electron chi connectivity index (χ2n) is 6.19. The summed E-state index contributed by atoms with van der Waals surface area (Å²) in [6.07, 6.45) is 4.34. The number of aromatic nitrogens is 2. The van der Waals surface area contributed by atoms with Gasteiger partial charge in [-0.25, -0.2) is 0 Å². The number of likely N-dealkylation sites (tertiary alicyclic amines) is 1. The number of ether oxygens (including phenoxy) is 1. The minimum absolute atomic E-state index is 0.381. The van der Waals surface area contributed by atoms with E-state index in [2.05, 4.69) is 28.9 Å². The van der Waals surface area contributed by atoms with Crippen LogP contribution in [0.15, 0.2) is 4.52 Å². The van der Waals surface area contributed by atoms with Gasteiger partial charge in [0.2, 0.25) is 5.89 Å². The lowest BCUT2D eigenvalue weighted by atomic mass is 10.1. The average Bonchev–Trinajstić information content (AvgIpc) is 2.87. The molecule has 2 heterocycles. The molecule has 120 valence electrons. The second-order valence-corrected chi connectivity index (χ2v) is 6.19. The molecule has 2 N–H and O–H groups in total. The summed E-state index contributed by atoms with van der Waals surface area (Å²) >= 11 is 0. The maximum absolute atomic E-state index is 5.81. The predicted octanol–water partition coefficient (Wildman–Crippen LogP) is 1.60. The zero-order chi connectivity index (χ0) is 15.1. The maximum atomic E-state index is 5.81. The maximum Gasteiger partial charge on any atom is 0.240 e. The summed E-state index contributed by atoms with van der Waals surface area (Å²) < 4.78 is 11.1. The van der Waals surface area contributed by atoms with Gasteiger partial charge >= 0.3 is 0 Å². The normalized spacial score (nSPS) is 17.7. The van der Waals surface area contributed by atoms with Crippen LogP contribution in [0.1, 0.15) is 44.8 Å². The molecule has 21 heavy (non-hydrogen) atoms. The van der Waals surface area contributed by atoms with E-state index in [-0.39, 0.29) is 0 Å². The second kappa shape index (κ2) is 8.46. The van der Waals surface area contributed by atoms with Gasteiger partial charge in [-0.15, -0.1) is 0 Å². The number of hydrogen-bond donors (Lipinski definition) is 1. The highest BCUT2D eigenvalue weighted by molar-refractivity contribution is 4.88. The van der Waals surface area contributed by atoms with Gasteiger partial charge in [0.05, 0.1) is 12.6 Å². The Hall–Kier alpha value is -0.980. The van der Waals surface area contributed by atoms with Crippen molar-refractivity contribution < 1.29 is 9.26 Å². The van der Waals surface area contributed by atoms with Crippen molar-refractivity contribution in [3.05, 3.63) is 11.7 Å². The molecule has 1 aliphatic heterocycles. The van der Waals surface area contributed by atoms with Crippen molar-refractivity contribution in [3.8, 4) is 0 Å². The van der Waals surface area contributed by atoms with Crippen LogP contribution < -0.4 is 5.73 Å². The van der Waals surface area contributed by atoms with E-state index in [4.69, 9.17) is 15.0 Å². The summed E-state index contributed by atoms with van der Waals surface area (Å²) in [5, 5.41) is 4.04. The molecule has 0 amide bonds. The van der Waals surface area contributed by atoms with Crippen LogP contribution in [0.2, 0.25) is 0 Å². The van der Waals surface area contributed by atoms with Crippen LogP contribution in [0, 0.1) is 5.92 Å². The molecule has 0 unspecified atom stereocenters. The Morgan fingerprint density at radius 2 is 2.14 bits per heavy atom. The Balaban J connectivity index is 1.69. The first-order valence-corrected chi connectivity index (χ1v) is 8.03. The molecule has 6 heteroatoms. The number of nitrogens with zero attached hydrogens (tertiary/aromatic N) is 3. The Kier molecular flexibility index (Phi) is 6.60. The standard InChI is InChI=1S/C15H28N4O2/c1-12(2)10-14-17-15(21-18-14)11-19-7-4-13(5-8-19)20-9-3-6-16/h12-13H,3-11,16H2,1-2H3. The van der Waals surface area contributed by atoms with E-state index in [1.807, 2.05) is 0 Å². The fourth-order valence-electron chi connectivity index (χ4n) is 2.56. The number of piperidine rings is 1. The highest BCUT2D eigenvalue weighted by Gasteiger charge is 2.21. The topological polar surface area (TPSA) is 77.4 Å². The quantitative estimate of drug-likeness (QED) is 0.734. The van der Waals surface area contributed by atoms with Gasteiger partial charge < -0.3 is 15.0 Å². The highest BCUT2D eigenvalue weighted by Crippen LogP contribution is 2.16. The summed E-state index contributed by atoms with van der Waals surface area (Å²) in [6, 6.07) is 0. The van der Waals surface area contributed by atoms with E-state index in [0.717, 1.165) is 63.6 Å². The number of nitrogens with two attached hydrogens (primary N) is 1. The predicted molar refractivity (Wildman–Crippen MR) is 80.8 cm³/mol. The molecule has 1 fully saturated rings. The van der Waals surface area contributed by atoms with Gasteiger partial charge in [-0.1, -0.05) is 19.0 Å². The molecule has 1 aromatic rings. The van der Waals surface area contributed by atoms with Gasteiger partial charge in [0.15, 0.2) is 5.82 Å². The Labute approximate surface area is 127 Å². The summed E-state index contributed by atoms with van der Waals surface area (Å²) in [6.45, 7) is 8.60. The molecule has 1 aromatic heterocycles. The summed E-state index contributed by atoms with van der Waals surface area (Å²) in [5.74, 6) is 2.10. The van der Waals surface area contributed by atoms with Crippen molar-refractivity contribution in [3.63, 3.8) is 0 Å². The minimum Gasteiger partial charge on any atom is -0.378 e. The SMILES string of the molecule is CC(C)Cc1noc(CN2CCC(OCCCN)CC2)n1. The highest BCUT2D eigenvalue weighted by atomic mass is 16.5. The third-order valence-corrected chi connectivity index (χ3v) is 3.70. The molecule has 0 radical (unpaired) electrons. The van der Waals surface area contributed by atoms with Crippen molar-refractivity contribution in [1.29, 1.82) is 0 Å². The molecular formula is C15H28N4O2. The molecule has 0 aromatic carbocycles. The van der Waals surface area contributed by atoms with Crippen LogP contribution in [-0.2, 0) is 17.7 Å². The molecule has 0 saturated carbocycles. The van der Waals surface area contributed by atoms with E-state index >= 15 is 0 Å². The van der Waals surface area contributed by atoms with Crippen LogP contribution >= 0.6 is 0 Å². The lowest BCUT2D eigenvalue weighted by Crippen LogP contribution is -2.36. The van der Waals surface area contributed by atoms with Crippen molar-refractivity contribution in [1.82, 2.24) is 15.0 Å². The average molecular weight is 296 g/mol. The number of rotatable bonds is 8. The molecule has 0 aliphatic carbocycles. The van der Waals surface area contributed by atoms with Gasteiger partial charge in [-0.05, 0) is 31.7 Å². The molecule has 1 saturated heterocycles. The third-order valence-electron chi connectivity index (χ3n) is 3.70. The molecular weight excluding hydrogens is 268 g/mol. The van der Waals surface area contributed by atoms with Crippen LogP contribution in [0.3, 0.4) is 0 Å². The molecule has 0 bridgehead atoms. The molecule has 2 rings (SSSR count). The molecule has 6 nitrogen and oxygen atoms in total. The van der Waals surface area contributed by atoms with Crippen LogP contribution in [0.25, 0.3) is 0 Å². The van der Waals surface area contributed by atoms with E-state index in [9.17, 15) is 0 Å². The Morgan fingerprint density at radius 3 is 2.81 bits per heavy atom. The zero-order valence-corrected chi connectivity index (χ0v) is 13.3. The Morgan fingerprint density at radius 1 is 1.38 bits per heavy atom. The van der Waals surface area contributed by atoms with E-state index in [1.54, 1.807) is 0 Å². The largest absolute Gasteiger partial charge is 0.378 e. The lowest BCUT2D eigenvalue weighted by Gasteiger charge is -2.30. The zero-order valence-electron chi connectivity index (χ0n) is 13.3. The fraction of sp³-hybridized carbons (Fsp3) is 0.867. The molecule has 0 atom stereocenters. The van der Waals surface area contributed by atoms with Crippen molar-refractivity contribution >= 4 is 0 Å². The van der Waals surface area contributed by atoms with Gasteiger partial charge in [-0.3, -0.25) is 4.90 Å². The first-order chi connectivity index (χ1) is 10.2. The van der Waals surface area contributed by atoms with Gasteiger partial charge in [-0.2, -0.15) is 4.98 Å². The lowest BCUT2D eigenvalue weighted by molar-refractivity contribution is 0.00381. The van der Waals surface area contributed by atoms with E-state index in [0.29, 0.717) is 18.6 Å². The smallest absolute Gasteiger partial charge is 0.240 e. The first kappa shape index (κ1) is 16.4. The van der Waals surface area contributed by atoms with Crippen LogP contribution in [0.4, 0.5) is 0 Å². The summed E-state index contributed by atoms with van der Waals surface area (Å²) in [5.41, 5.74) is 5.47. The van der Waals surface area contributed by atoms with Crippen molar-refractivity contribution in [2.45, 2.75) is 52.2 Å². The van der Waals surface area contributed by atoms with Gasteiger partial charge in [0, 0.05) is 26.1 Å². The Bertz CT molecular complexity index is 400. The summed E-state index contributed by atoms with van der Waals surface area (Å²) in [7, 11) is 0. The minimum atomic E-state index is 0.381. The van der Waals surface area contributed by atoms with Gasteiger partial charge in [0.1, 0.15) is 0 Å². The van der Waals surface area contributed by atoms with E-state index < -0.39 is 0 Å². The van der Waals surface area contributed by atoms with Crippen LogP contribution in [-0.4, -0.2) is 47.4 Å². The molecule has 1 aliphatic rings. The van der Waals surface area contributed by atoms with Crippen LogP contribution in [0.5, 0.6) is 0 Å². The molecule has 0 spiro atoms. The van der Waals surface area contributed by atoms with Crippen molar-refractivity contribution in [2.24, 2.45) is 11.7 Å². The van der Waals surface area contributed by atoms with E-state index in [1.165, 1.54) is 0 Å². The fourth-order valence-corrected chi connectivity index (χ4v) is 2.56. The van der Waals surface area contributed by atoms with Gasteiger partial charge in [0.25, 0.3) is 0 Å². The number of hydrogen-bond acceptors (Lipinski definition) is 6. The summed E-state index contributed by atoms with van der Waals surface area (Å²) in [4.78, 5) is 6.82. The first-order valence-electron chi connectivity index (χ1n) is 8.03. The third kappa shape index (κ3) is 5.73. The monoisotopic (exact) mass is 296 g/mol.